The highest BCUT2D eigenvalue weighted by atomic mass is 35.5. The van der Waals surface area contributed by atoms with Crippen LogP contribution in [0.15, 0.2) is 35.6 Å². The van der Waals surface area contributed by atoms with Crippen molar-refractivity contribution in [3.63, 3.8) is 0 Å². The monoisotopic (exact) mass is 437 g/mol. The standard InChI is InChI=1S/C15H11Cl4N3O2S/c16-8-4-12(19)14-20-21-15(22(14)5-8)25-7-9(23)6-24-13-10(17)2-1-3-11(13)18/h1-5,9,23H,6-7H2. The number of hydrogen-bond donors (Lipinski definition) is 1. The number of benzene rings is 1. The molecular weight excluding hydrogens is 428 g/mol. The van der Waals surface area contributed by atoms with Crippen molar-refractivity contribution >= 4 is 63.8 Å². The molecule has 2 aromatic heterocycles. The number of para-hydroxylation sites is 1. The van der Waals surface area contributed by atoms with Crippen LogP contribution in [0.2, 0.25) is 20.1 Å². The first kappa shape index (κ1) is 18.9. The molecule has 0 spiro atoms. The Morgan fingerprint density at radius 3 is 2.56 bits per heavy atom. The fraction of sp³-hybridized carbons (Fsp3) is 0.200. The highest BCUT2D eigenvalue weighted by Gasteiger charge is 2.14. The van der Waals surface area contributed by atoms with Crippen LogP contribution in [0, 0.1) is 0 Å². The summed E-state index contributed by atoms with van der Waals surface area (Å²) in [6.45, 7) is 0.0364. The molecule has 25 heavy (non-hydrogen) atoms. The van der Waals surface area contributed by atoms with E-state index in [4.69, 9.17) is 51.1 Å². The van der Waals surface area contributed by atoms with E-state index in [1.807, 2.05) is 0 Å². The van der Waals surface area contributed by atoms with Gasteiger partial charge >= 0.3 is 0 Å². The Bertz CT molecular complexity index is 886. The first-order valence-corrected chi connectivity index (χ1v) is 9.53. The first-order valence-electron chi connectivity index (χ1n) is 7.03. The average molecular weight is 439 g/mol. The highest BCUT2D eigenvalue weighted by molar-refractivity contribution is 7.99. The third-order valence-corrected chi connectivity index (χ3v) is 5.31. The van der Waals surface area contributed by atoms with Gasteiger partial charge < -0.3 is 9.84 Å². The normalized spacial score (nSPS) is 12.5. The van der Waals surface area contributed by atoms with Crippen molar-refractivity contribution in [3.05, 3.63) is 50.6 Å². The summed E-state index contributed by atoms with van der Waals surface area (Å²) in [5.74, 6) is 0.675. The van der Waals surface area contributed by atoms with Crippen LogP contribution < -0.4 is 4.74 Å². The molecule has 1 aromatic carbocycles. The number of hydrogen-bond acceptors (Lipinski definition) is 5. The maximum Gasteiger partial charge on any atom is 0.195 e. The topological polar surface area (TPSA) is 59.7 Å². The molecule has 0 fully saturated rings. The second-order valence-electron chi connectivity index (χ2n) is 5.01. The Balaban J connectivity index is 1.62. The van der Waals surface area contributed by atoms with Crippen LogP contribution in [0.4, 0.5) is 0 Å². The predicted molar refractivity (Wildman–Crippen MR) is 102 cm³/mol. The second kappa shape index (κ2) is 8.20. The molecule has 0 bridgehead atoms. The van der Waals surface area contributed by atoms with Gasteiger partial charge in [0, 0.05) is 11.9 Å². The summed E-state index contributed by atoms with van der Waals surface area (Å²) in [7, 11) is 0. The molecule has 2 heterocycles. The Morgan fingerprint density at radius 2 is 1.84 bits per heavy atom. The van der Waals surface area contributed by atoms with Gasteiger partial charge in [-0.05, 0) is 18.2 Å². The number of ether oxygens (including phenoxy) is 1. The van der Waals surface area contributed by atoms with Crippen molar-refractivity contribution in [2.45, 2.75) is 11.3 Å². The van der Waals surface area contributed by atoms with E-state index in [0.29, 0.717) is 42.4 Å². The van der Waals surface area contributed by atoms with E-state index in [1.165, 1.54) is 11.8 Å². The van der Waals surface area contributed by atoms with E-state index in [-0.39, 0.29) is 6.61 Å². The van der Waals surface area contributed by atoms with Gasteiger partial charge in [-0.15, -0.1) is 10.2 Å². The number of pyridine rings is 1. The van der Waals surface area contributed by atoms with Crippen LogP contribution in [0.5, 0.6) is 5.75 Å². The summed E-state index contributed by atoms with van der Waals surface area (Å²) in [4.78, 5) is 0. The lowest BCUT2D eigenvalue weighted by Gasteiger charge is -2.13. The number of nitrogens with zero attached hydrogens (tertiary/aromatic N) is 3. The van der Waals surface area contributed by atoms with Crippen LogP contribution in [-0.4, -0.2) is 38.2 Å². The summed E-state index contributed by atoms with van der Waals surface area (Å²) < 4.78 is 7.19. The quantitative estimate of drug-likeness (QED) is 0.556. The van der Waals surface area contributed by atoms with Crippen LogP contribution in [0.3, 0.4) is 0 Å². The average Bonchev–Trinajstić information content (AvgIpc) is 2.95. The maximum absolute atomic E-state index is 10.1. The lowest BCUT2D eigenvalue weighted by atomic mass is 10.3. The van der Waals surface area contributed by atoms with E-state index >= 15 is 0 Å². The largest absolute Gasteiger partial charge is 0.488 e. The van der Waals surface area contributed by atoms with Crippen molar-refractivity contribution in [1.82, 2.24) is 14.6 Å². The lowest BCUT2D eigenvalue weighted by molar-refractivity contribution is 0.126. The molecule has 5 nitrogen and oxygen atoms in total. The molecule has 1 unspecified atom stereocenters. The Labute approximate surface area is 167 Å². The van der Waals surface area contributed by atoms with E-state index in [1.54, 1.807) is 34.9 Å². The number of rotatable bonds is 6. The van der Waals surface area contributed by atoms with Crippen molar-refractivity contribution in [2.24, 2.45) is 0 Å². The van der Waals surface area contributed by atoms with Gasteiger partial charge in [-0.25, -0.2) is 0 Å². The van der Waals surface area contributed by atoms with E-state index in [9.17, 15) is 5.11 Å². The summed E-state index contributed by atoms with van der Waals surface area (Å²) in [6, 6.07) is 6.65. The third kappa shape index (κ3) is 4.45. The molecule has 3 aromatic rings. The molecule has 0 saturated heterocycles. The molecule has 0 saturated carbocycles. The zero-order valence-corrected chi connectivity index (χ0v) is 16.3. The number of aliphatic hydroxyl groups is 1. The van der Waals surface area contributed by atoms with E-state index in [0.717, 1.165) is 0 Å². The smallest absolute Gasteiger partial charge is 0.195 e. The first-order chi connectivity index (χ1) is 12.0. The molecule has 132 valence electrons. The van der Waals surface area contributed by atoms with Gasteiger partial charge in [-0.2, -0.15) is 0 Å². The minimum absolute atomic E-state index is 0.0364. The molecule has 0 aliphatic heterocycles. The van der Waals surface area contributed by atoms with Gasteiger partial charge in [0.05, 0.1) is 26.2 Å². The van der Waals surface area contributed by atoms with Crippen molar-refractivity contribution < 1.29 is 9.84 Å². The number of fused-ring (bicyclic) bond motifs is 1. The SMILES string of the molecule is OC(COc1c(Cl)cccc1Cl)CSc1nnc2c(Cl)cc(Cl)cn12. The second-order valence-corrected chi connectivity index (χ2v) is 7.65. The molecule has 10 heteroatoms. The van der Waals surface area contributed by atoms with Crippen LogP contribution in [0.25, 0.3) is 5.65 Å². The fourth-order valence-electron chi connectivity index (χ4n) is 2.02. The summed E-state index contributed by atoms with van der Waals surface area (Å²) in [5, 5.41) is 20.4. The fourth-order valence-corrected chi connectivity index (χ4v) is 3.85. The number of aliphatic hydroxyl groups excluding tert-OH is 1. The third-order valence-electron chi connectivity index (χ3n) is 3.14. The number of halogens is 4. The van der Waals surface area contributed by atoms with Crippen LogP contribution >= 0.6 is 58.2 Å². The molecular formula is C15H11Cl4N3O2S. The molecule has 1 atom stereocenters. The van der Waals surface area contributed by atoms with Gasteiger partial charge in [0.2, 0.25) is 0 Å². The molecule has 0 amide bonds. The van der Waals surface area contributed by atoms with Gasteiger partial charge in [0.25, 0.3) is 0 Å². The number of thioether (sulfide) groups is 1. The lowest BCUT2D eigenvalue weighted by Crippen LogP contribution is -2.20. The minimum Gasteiger partial charge on any atom is -0.488 e. The number of aromatic nitrogens is 3. The summed E-state index contributed by atoms with van der Waals surface area (Å²) >= 11 is 25.4. The Hall–Kier alpha value is -0.890. The Morgan fingerprint density at radius 1 is 1.12 bits per heavy atom. The van der Waals surface area contributed by atoms with Gasteiger partial charge in [0.1, 0.15) is 6.61 Å². The van der Waals surface area contributed by atoms with Crippen molar-refractivity contribution in [1.29, 1.82) is 0 Å². The van der Waals surface area contributed by atoms with Crippen molar-refractivity contribution in [3.8, 4) is 5.75 Å². The maximum atomic E-state index is 10.1. The van der Waals surface area contributed by atoms with Crippen LogP contribution in [-0.2, 0) is 0 Å². The molecule has 3 rings (SSSR count). The molecule has 0 aliphatic rings. The van der Waals surface area contributed by atoms with Gasteiger partial charge in [-0.3, -0.25) is 4.40 Å². The molecule has 0 aliphatic carbocycles. The predicted octanol–water partition coefficient (Wildman–Crippen LogP) is 4.87. The molecule has 1 N–H and O–H groups in total. The van der Waals surface area contributed by atoms with Gasteiger partial charge in [0.15, 0.2) is 16.6 Å². The Kier molecular flexibility index (Phi) is 6.20. The zero-order chi connectivity index (χ0) is 18.0. The van der Waals surface area contributed by atoms with Crippen LogP contribution in [0.1, 0.15) is 0 Å². The van der Waals surface area contributed by atoms with E-state index < -0.39 is 6.10 Å². The minimum atomic E-state index is -0.764. The van der Waals surface area contributed by atoms with Gasteiger partial charge in [-0.1, -0.05) is 64.2 Å². The van der Waals surface area contributed by atoms with E-state index in [2.05, 4.69) is 10.2 Å². The van der Waals surface area contributed by atoms with Crippen molar-refractivity contribution in [2.75, 3.05) is 12.4 Å². The highest BCUT2D eigenvalue weighted by Crippen LogP contribution is 2.32. The summed E-state index contributed by atoms with van der Waals surface area (Å²) in [5.41, 5.74) is 0.502. The summed E-state index contributed by atoms with van der Waals surface area (Å²) in [6.07, 6.45) is 0.900. The zero-order valence-electron chi connectivity index (χ0n) is 12.5. The molecule has 0 radical (unpaired) electrons.